The van der Waals surface area contributed by atoms with Gasteiger partial charge in [0.1, 0.15) is 22.1 Å². The number of hydrogen-bond acceptors (Lipinski definition) is 6. The molecule has 35 heavy (non-hydrogen) atoms. The highest BCUT2D eigenvalue weighted by atomic mass is 32.2. The van der Waals surface area contributed by atoms with Crippen LogP contribution in [0.25, 0.3) is 0 Å². The van der Waals surface area contributed by atoms with Gasteiger partial charge in [-0.05, 0) is 82.1 Å². The van der Waals surface area contributed by atoms with E-state index in [9.17, 15) is 13.2 Å². The number of carbonyl (C=O) groups is 1. The molecule has 0 unspecified atom stereocenters. The molecule has 0 radical (unpaired) electrons. The fourth-order valence-corrected chi connectivity index (χ4v) is 4.93. The summed E-state index contributed by atoms with van der Waals surface area (Å²) in [4.78, 5) is 13.1. The van der Waals surface area contributed by atoms with Crippen molar-refractivity contribution in [2.45, 2.75) is 50.0 Å². The Bertz CT molecular complexity index is 1340. The Morgan fingerprint density at radius 1 is 1.00 bits per heavy atom. The maximum absolute atomic E-state index is 13.2. The number of rotatable bonds is 8. The molecule has 0 aliphatic heterocycles. The largest absolute Gasteiger partial charge is 0.497 e. The van der Waals surface area contributed by atoms with Crippen molar-refractivity contribution < 1.29 is 22.7 Å². The lowest BCUT2D eigenvalue weighted by Gasteiger charge is -2.22. The lowest BCUT2D eigenvalue weighted by atomic mass is 10.1. The molecule has 9 nitrogen and oxygen atoms in total. The van der Waals surface area contributed by atoms with Gasteiger partial charge in [-0.25, -0.2) is 8.42 Å². The summed E-state index contributed by atoms with van der Waals surface area (Å²) in [5.74, 6) is 0.789. The van der Waals surface area contributed by atoms with Crippen LogP contribution in [0.4, 0.5) is 11.4 Å². The SMILES string of the molecule is COc1ccc(NS(=O)(=O)c2cc(NC(=O)c3cc(C4CC4)nn3C(C)(C)C)ccc2OC)cc1. The molecule has 0 saturated heterocycles. The number of benzene rings is 2. The second kappa shape index (κ2) is 9.26. The van der Waals surface area contributed by atoms with Crippen molar-refractivity contribution in [3.05, 3.63) is 59.9 Å². The zero-order valence-corrected chi connectivity index (χ0v) is 21.3. The maximum atomic E-state index is 13.2. The Morgan fingerprint density at radius 2 is 1.66 bits per heavy atom. The first kappa shape index (κ1) is 24.6. The van der Waals surface area contributed by atoms with E-state index in [1.165, 1.54) is 26.4 Å². The smallest absolute Gasteiger partial charge is 0.273 e. The van der Waals surface area contributed by atoms with Crippen molar-refractivity contribution >= 4 is 27.3 Å². The molecule has 0 spiro atoms. The van der Waals surface area contributed by atoms with Gasteiger partial charge in [-0.15, -0.1) is 0 Å². The number of nitrogens with one attached hydrogen (secondary N) is 2. The highest BCUT2D eigenvalue weighted by Gasteiger charge is 2.31. The molecule has 0 bridgehead atoms. The average Bonchev–Trinajstić information content (AvgIpc) is 3.56. The van der Waals surface area contributed by atoms with Gasteiger partial charge in [0.05, 0.1) is 25.5 Å². The van der Waals surface area contributed by atoms with Gasteiger partial charge in [0.25, 0.3) is 15.9 Å². The molecule has 1 fully saturated rings. The number of anilines is 2. The molecule has 1 aliphatic carbocycles. The molecule has 2 aromatic carbocycles. The monoisotopic (exact) mass is 498 g/mol. The summed E-state index contributed by atoms with van der Waals surface area (Å²) in [6.45, 7) is 5.95. The summed E-state index contributed by atoms with van der Waals surface area (Å²) in [5, 5.41) is 7.49. The van der Waals surface area contributed by atoms with E-state index >= 15 is 0 Å². The molecular formula is C25H30N4O5S. The average molecular weight is 499 g/mol. The molecular weight excluding hydrogens is 468 g/mol. The quantitative estimate of drug-likeness (QED) is 0.470. The summed E-state index contributed by atoms with van der Waals surface area (Å²) in [5.41, 5.74) is 1.63. The van der Waals surface area contributed by atoms with Gasteiger partial charge in [0.2, 0.25) is 0 Å². The van der Waals surface area contributed by atoms with Crippen molar-refractivity contribution in [3.63, 3.8) is 0 Å². The van der Waals surface area contributed by atoms with Gasteiger partial charge >= 0.3 is 0 Å². The summed E-state index contributed by atoms with van der Waals surface area (Å²) < 4.78 is 41.0. The van der Waals surface area contributed by atoms with E-state index < -0.39 is 15.6 Å². The van der Waals surface area contributed by atoms with Crippen LogP contribution in [0, 0.1) is 0 Å². The Kier molecular flexibility index (Phi) is 6.50. The highest BCUT2D eigenvalue weighted by molar-refractivity contribution is 7.92. The van der Waals surface area contributed by atoms with Crippen LogP contribution >= 0.6 is 0 Å². The zero-order valence-electron chi connectivity index (χ0n) is 20.5. The first-order valence-electron chi connectivity index (χ1n) is 11.3. The van der Waals surface area contributed by atoms with Crippen LogP contribution < -0.4 is 19.5 Å². The molecule has 1 aliphatic rings. The number of amides is 1. The third kappa shape index (κ3) is 5.43. The number of hydrogen-bond donors (Lipinski definition) is 2. The Balaban J connectivity index is 1.62. The minimum Gasteiger partial charge on any atom is -0.497 e. The highest BCUT2D eigenvalue weighted by Crippen LogP contribution is 2.40. The van der Waals surface area contributed by atoms with Crippen LogP contribution in [0.3, 0.4) is 0 Å². The molecule has 1 aromatic heterocycles. The summed E-state index contributed by atoms with van der Waals surface area (Å²) >= 11 is 0. The molecule has 2 N–H and O–H groups in total. The van der Waals surface area contributed by atoms with Crippen LogP contribution in [0.1, 0.15) is 55.7 Å². The van der Waals surface area contributed by atoms with Crippen LogP contribution in [0.15, 0.2) is 53.4 Å². The van der Waals surface area contributed by atoms with Gasteiger partial charge in [0, 0.05) is 17.3 Å². The number of sulfonamides is 1. The van der Waals surface area contributed by atoms with E-state index in [2.05, 4.69) is 15.1 Å². The van der Waals surface area contributed by atoms with Crippen molar-refractivity contribution in [3.8, 4) is 11.5 Å². The van der Waals surface area contributed by atoms with Crippen molar-refractivity contribution in [1.82, 2.24) is 9.78 Å². The molecule has 0 atom stereocenters. The van der Waals surface area contributed by atoms with Crippen molar-refractivity contribution in [2.24, 2.45) is 0 Å². The van der Waals surface area contributed by atoms with E-state index in [-0.39, 0.29) is 16.6 Å². The van der Waals surface area contributed by atoms with E-state index in [1.807, 2.05) is 26.8 Å². The first-order valence-corrected chi connectivity index (χ1v) is 12.8. The number of ether oxygens (including phenoxy) is 2. The first-order chi connectivity index (χ1) is 16.5. The van der Waals surface area contributed by atoms with Gasteiger partial charge in [-0.2, -0.15) is 5.10 Å². The number of methoxy groups -OCH3 is 2. The van der Waals surface area contributed by atoms with E-state index in [1.54, 1.807) is 35.0 Å². The van der Waals surface area contributed by atoms with Gasteiger partial charge in [0.15, 0.2) is 0 Å². The van der Waals surface area contributed by atoms with Crippen LogP contribution in [-0.4, -0.2) is 38.3 Å². The van der Waals surface area contributed by atoms with Crippen LogP contribution in [0.2, 0.25) is 0 Å². The normalized spacial score (nSPS) is 13.9. The summed E-state index contributed by atoms with van der Waals surface area (Å²) in [6, 6.07) is 12.8. The minimum absolute atomic E-state index is 0.100. The van der Waals surface area contributed by atoms with E-state index in [0.29, 0.717) is 28.7 Å². The second-order valence-corrected chi connectivity index (χ2v) is 11.1. The van der Waals surface area contributed by atoms with Gasteiger partial charge in [-0.3, -0.25) is 14.2 Å². The Labute approximate surface area is 205 Å². The molecule has 1 heterocycles. The van der Waals surface area contributed by atoms with Gasteiger partial charge < -0.3 is 14.8 Å². The molecule has 10 heteroatoms. The summed E-state index contributed by atoms with van der Waals surface area (Å²) in [7, 11) is -1.09. The lowest BCUT2D eigenvalue weighted by Crippen LogP contribution is -2.29. The topological polar surface area (TPSA) is 112 Å². The third-order valence-corrected chi connectivity index (χ3v) is 7.05. The van der Waals surface area contributed by atoms with Gasteiger partial charge in [-0.1, -0.05) is 0 Å². The predicted molar refractivity (Wildman–Crippen MR) is 134 cm³/mol. The Morgan fingerprint density at radius 3 is 2.23 bits per heavy atom. The van der Waals surface area contributed by atoms with Crippen LogP contribution in [-0.2, 0) is 15.6 Å². The minimum atomic E-state index is -4.01. The predicted octanol–water partition coefficient (Wildman–Crippen LogP) is 4.59. The zero-order chi connectivity index (χ0) is 25.4. The Hall–Kier alpha value is -3.53. The molecule has 186 valence electrons. The van der Waals surface area contributed by atoms with Crippen LogP contribution in [0.5, 0.6) is 11.5 Å². The fourth-order valence-electron chi connectivity index (χ4n) is 3.68. The number of aromatic nitrogens is 2. The maximum Gasteiger partial charge on any atom is 0.273 e. The molecule has 3 aromatic rings. The van der Waals surface area contributed by atoms with E-state index in [0.717, 1.165) is 18.5 Å². The molecule has 1 amide bonds. The number of nitrogens with zero attached hydrogens (tertiary/aromatic N) is 2. The van der Waals surface area contributed by atoms with E-state index in [4.69, 9.17) is 9.47 Å². The molecule has 1 saturated carbocycles. The molecule has 4 rings (SSSR count). The van der Waals surface area contributed by atoms with Crippen molar-refractivity contribution in [2.75, 3.05) is 24.3 Å². The second-order valence-electron chi connectivity index (χ2n) is 9.47. The third-order valence-electron chi connectivity index (χ3n) is 5.65. The fraction of sp³-hybridized carbons (Fsp3) is 0.360. The standard InChI is InChI=1S/C25H30N4O5S/c1-25(2,3)29-21(15-20(27-29)16-6-7-16)24(30)26-18-10-13-22(34-5)23(14-18)35(31,32)28-17-8-11-19(33-4)12-9-17/h8-16,28H,6-7H2,1-5H3,(H,26,30). The number of carbonyl (C=O) groups excluding carboxylic acids is 1. The van der Waals surface area contributed by atoms with Crippen molar-refractivity contribution in [1.29, 1.82) is 0 Å². The summed E-state index contributed by atoms with van der Waals surface area (Å²) in [6.07, 6.45) is 2.15. The lowest BCUT2D eigenvalue weighted by molar-refractivity contribution is 0.100.